The van der Waals surface area contributed by atoms with Crippen LogP contribution in [0.25, 0.3) is 0 Å². The van der Waals surface area contributed by atoms with Crippen LogP contribution in [0.4, 0.5) is 5.69 Å². The Bertz CT molecular complexity index is 984. The first-order valence-corrected chi connectivity index (χ1v) is 8.62. The SMILES string of the molecule is CCCCN1C(=O)[C@]2(C(C#N)=C(N)Oc3n[nH]c(C)c32)c2ccccc21. The van der Waals surface area contributed by atoms with Gasteiger partial charge in [-0.25, -0.2) is 0 Å². The molecule has 1 spiro atoms. The van der Waals surface area contributed by atoms with Gasteiger partial charge in [0.2, 0.25) is 17.7 Å². The quantitative estimate of drug-likeness (QED) is 0.883. The zero-order chi connectivity index (χ0) is 18.5. The van der Waals surface area contributed by atoms with Crippen LogP contribution in [-0.4, -0.2) is 22.6 Å². The third-order valence-electron chi connectivity index (χ3n) is 5.13. The monoisotopic (exact) mass is 349 g/mol. The van der Waals surface area contributed by atoms with Crippen LogP contribution in [0, 0.1) is 18.3 Å². The molecule has 0 radical (unpaired) electrons. The van der Waals surface area contributed by atoms with Gasteiger partial charge < -0.3 is 15.4 Å². The number of nitrogens with zero attached hydrogens (tertiary/aromatic N) is 3. The number of fused-ring (bicyclic) bond motifs is 4. The smallest absolute Gasteiger partial charge is 0.247 e. The summed E-state index contributed by atoms with van der Waals surface area (Å²) < 4.78 is 5.54. The van der Waals surface area contributed by atoms with Crippen LogP contribution < -0.4 is 15.4 Å². The molecule has 0 fully saturated rings. The summed E-state index contributed by atoms with van der Waals surface area (Å²) in [5.41, 5.74) is 7.65. The van der Waals surface area contributed by atoms with E-state index >= 15 is 0 Å². The van der Waals surface area contributed by atoms with Gasteiger partial charge in [0, 0.05) is 23.5 Å². The zero-order valence-electron chi connectivity index (χ0n) is 14.7. The topological polar surface area (TPSA) is 108 Å². The fourth-order valence-electron chi connectivity index (χ4n) is 4.00. The summed E-state index contributed by atoms with van der Waals surface area (Å²) in [5.74, 6) is -0.00723. The molecule has 132 valence electrons. The second kappa shape index (κ2) is 5.63. The number of rotatable bonds is 3. The number of nitrogens with two attached hydrogens (primary N) is 1. The molecular formula is C19H19N5O2. The summed E-state index contributed by atoms with van der Waals surface area (Å²) in [5, 5.41) is 16.9. The lowest BCUT2D eigenvalue weighted by atomic mass is 9.69. The number of para-hydroxylation sites is 1. The number of carbonyl (C=O) groups excluding carboxylic acids is 1. The van der Waals surface area contributed by atoms with E-state index in [1.807, 2.05) is 31.2 Å². The molecule has 1 aromatic heterocycles. The van der Waals surface area contributed by atoms with Gasteiger partial charge in [-0.2, -0.15) is 5.26 Å². The van der Waals surface area contributed by atoms with E-state index in [0.29, 0.717) is 17.8 Å². The summed E-state index contributed by atoms with van der Waals surface area (Å²) in [7, 11) is 0. The van der Waals surface area contributed by atoms with Crippen LogP contribution in [0.15, 0.2) is 35.7 Å². The summed E-state index contributed by atoms with van der Waals surface area (Å²) in [4.78, 5) is 15.5. The molecule has 3 N–H and O–H groups in total. The number of carbonyl (C=O) groups is 1. The van der Waals surface area contributed by atoms with Gasteiger partial charge in [0.05, 0.1) is 5.56 Å². The fraction of sp³-hybridized carbons (Fsp3) is 0.316. The number of hydrogen-bond donors (Lipinski definition) is 2. The Balaban J connectivity index is 2.07. The highest BCUT2D eigenvalue weighted by Gasteiger charge is 2.60. The molecule has 4 rings (SSSR count). The number of nitrogens with one attached hydrogen (secondary N) is 1. The third kappa shape index (κ3) is 1.81. The highest BCUT2D eigenvalue weighted by Crippen LogP contribution is 2.55. The van der Waals surface area contributed by atoms with Crippen molar-refractivity contribution in [2.75, 3.05) is 11.4 Å². The van der Waals surface area contributed by atoms with Crippen molar-refractivity contribution >= 4 is 11.6 Å². The first-order chi connectivity index (χ1) is 12.6. The molecule has 0 saturated carbocycles. The molecule has 3 heterocycles. The summed E-state index contributed by atoms with van der Waals surface area (Å²) in [6.45, 7) is 4.48. The summed E-state index contributed by atoms with van der Waals surface area (Å²) in [6, 6.07) is 9.69. The van der Waals surface area contributed by atoms with E-state index < -0.39 is 5.41 Å². The molecule has 2 aromatic rings. The largest absolute Gasteiger partial charge is 0.420 e. The second-order valence-corrected chi connectivity index (χ2v) is 6.56. The van der Waals surface area contributed by atoms with E-state index in [9.17, 15) is 10.1 Å². The average Bonchev–Trinajstić information content (AvgIpc) is 3.11. The Kier molecular flexibility index (Phi) is 3.51. The van der Waals surface area contributed by atoms with Gasteiger partial charge in [0.25, 0.3) is 0 Å². The van der Waals surface area contributed by atoms with Gasteiger partial charge >= 0.3 is 0 Å². The van der Waals surface area contributed by atoms with E-state index in [1.54, 1.807) is 4.90 Å². The van der Waals surface area contributed by atoms with Gasteiger partial charge in [0.15, 0.2) is 0 Å². The van der Waals surface area contributed by atoms with Crippen LogP contribution >= 0.6 is 0 Å². The number of aromatic amines is 1. The van der Waals surface area contributed by atoms with Crippen LogP contribution in [0.5, 0.6) is 5.88 Å². The molecule has 2 aliphatic heterocycles. The van der Waals surface area contributed by atoms with Crippen molar-refractivity contribution in [3.8, 4) is 11.9 Å². The number of aromatic nitrogens is 2. The molecule has 2 aliphatic rings. The number of anilines is 1. The molecular weight excluding hydrogens is 330 g/mol. The number of hydrogen-bond acceptors (Lipinski definition) is 5. The van der Waals surface area contributed by atoms with Crippen molar-refractivity contribution in [1.82, 2.24) is 10.2 Å². The van der Waals surface area contributed by atoms with Gasteiger partial charge in [0.1, 0.15) is 17.1 Å². The number of ether oxygens (including phenoxy) is 1. The highest BCUT2D eigenvalue weighted by molar-refractivity contribution is 6.14. The van der Waals surface area contributed by atoms with E-state index in [-0.39, 0.29) is 23.2 Å². The molecule has 0 unspecified atom stereocenters. The van der Waals surface area contributed by atoms with E-state index in [4.69, 9.17) is 10.5 Å². The predicted octanol–water partition coefficient (Wildman–Crippen LogP) is 2.24. The van der Waals surface area contributed by atoms with Gasteiger partial charge in [-0.1, -0.05) is 31.5 Å². The maximum absolute atomic E-state index is 13.8. The van der Waals surface area contributed by atoms with E-state index in [1.165, 1.54) is 0 Å². The Labute approximate surface area is 151 Å². The van der Waals surface area contributed by atoms with Crippen LogP contribution in [0.1, 0.15) is 36.6 Å². The minimum absolute atomic E-state index is 0.0769. The first kappa shape index (κ1) is 16.2. The number of H-pyrrole nitrogens is 1. The van der Waals surface area contributed by atoms with Gasteiger partial charge in [-0.15, -0.1) is 5.10 Å². The minimum atomic E-state index is -1.31. The fourth-order valence-corrected chi connectivity index (χ4v) is 4.00. The van der Waals surface area contributed by atoms with E-state index in [2.05, 4.69) is 23.2 Å². The number of aryl methyl sites for hydroxylation is 1. The molecule has 7 nitrogen and oxygen atoms in total. The van der Waals surface area contributed by atoms with Crippen LogP contribution in [0.2, 0.25) is 0 Å². The Morgan fingerprint density at radius 1 is 1.42 bits per heavy atom. The predicted molar refractivity (Wildman–Crippen MR) is 95.3 cm³/mol. The normalized spacial score (nSPS) is 20.8. The Morgan fingerprint density at radius 2 is 2.19 bits per heavy atom. The van der Waals surface area contributed by atoms with Gasteiger partial charge in [-0.3, -0.25) is 9.89 Å². The maximum atomic E-state index is 13.8. The number of nitriles is 1. The van der Waals surface area contributed by atoms with Crippen LogP contribution in [-0.2, 0) is 10.2 Å². The molecule has 0 aliphatic carbocycles. The lowest BCUT2D eigenvalue weighted by Gasteiger charge is -2.32. The molecule has 7 heteroatoms. The van der Waals surface area contributed by atoms with Crippen molar-refractivity contribution in [2.45, 2.75) is 32.1 Å². The first-order valence-electron chi connectivity index (χ1n) is 8.62. The lowest BCUT2D eigenvalue weighted by Crippen LogP contribution is -2.46. The van der Waals surface area contributed by atoms with Crippen LogP contribution in [0.3, 0.4) is 0 Å². The molecule has 1 aromatic carbocycles. The van der Waals surface area contributed by atoms with Crippen molar-refractivity contribution < 1.29 is 9.53 Å². The minimum Gasteiger partial charge on any atom is -0.420 e. The average molecular weight is 349 g/mol. The number of amides is 1. The molecule has 1 atom stereocenters. The Morgan fingerprint density at radius 3 is 2.92 bits per heavy atom. The Hall–Kier alpha value is -3.27. The third-order valence-corrected chi connectivity index (χ3v) is 5.13. The number of unbranched alkanes of at least 4 members (excludes halogenated alkanes) is 1. The maximum Gasteiger partial charge on any atom is 0.247 e. The summed E-state index contributed by atoms with van der Waals surface area (Å²) in [6.07, 6.45) is 1.83. The molecule has 0 bridgehead atoms. The van der Waals surface area contributed by atoms with Gasteiger partial charge in [-0.05, 0) is 19.4 Å². The number of benzene rings is 1. The standard InChI is InChI=1S/C19H19N5O2/c1-3-4-9-24-14-8-6-5-7-12(14)19(18(24)25)13(10-20)16(21)26-17-15(19)11(2)22-23-17/h5-8H,3-4,9,21H2,1-2H3,(H,22,23)/t19-/m0/s1. The van der Waals surface area contributed by atoms with Crippen molar-refractivity contribution in [3.63, 3.8) is 0 Å². The lowest BCUT2D eigenvalue weighted by molar-refractivity contribution is -0.121. The highest BCUT2D eigenvalue weighted by atomic mass is 16.5. The zero-order valence-corrected chi connectivity index (χ0v) is 14.7. The van der Waals surface area contributed by atoms with E-state index in [0.717, 1.165) is 24.1 Å². The second-order valence-electron chi connectivity index (χ2n) is 6.56. The summed E-state index contributed by atoms with van der Waals surface area (Å²) >= 11 is 0. The van der Waals surface area contributed by atoms with Crippen molar-refractivity contribution in [1.29, 1.82) is 5.26 Å². The molecule has 0 saturated heterocycles. The van der Waals surface area contributed by atoms with Crippen molar-refractivity contribution in [2.24, 2.45) is 5.73 Å². The molecule has 1 amide bonds. The van der Waals surface area contributed by atoms with Crippen molar-refractivity contribution in [3.05, 3.63) is 52.5 Å². The molecule has 26 heavy (non-hydrogen) atoms.